The zero-order valence-corrected chi connectivity index (χ0v) is 16.8. The molecule has 3 aromatic rings. The third kappa shape index (κ3) is 5.14. The standard InChI is InChI=1S/C18H19FN4O2S2/c1-11(13-4-6-14(19)7-5-13)23(3)17(24)10-27-18-22-21-16(25-18)8-15-9-26-12(2)20-15/h4-7,9,11H,8,10H2,1-3H3. The third-order valence-electron chi connectivity index (χ3n) is 4.09. The van der Waals surface area contributed by atoms with Crippen molar-refractivity contribution in [3.63, 3.8) is 0 Å². The fourth-order valence-electron chi connectivity index (χ4n) is 2.42. The second-order valence-electron chi connectivity index (χ2n) is 6.02. The van der Waals surface area contributed by atoms with Gasteiger partial charge in [0.1, 0.15) is 5.82 Å². The predicted octanol–water partition coefficient (Wildman–Crippen LogP) is 3.88. The number of carbonyl (C=O) groups is 1. The zero-order chi connectivity index (χ0) is 19.4. The molecule has 0 aliphatic rings. The molecule has 0 saturated carbocycles. The molecule has 9 heteroatoms. The summed E-state index contributed by atoms with van der Waals surface area (Å²) in [4.78, 5) is 18.4. The van der Waals surface area contributed by atoms with Crippen LogP contribution in [0.1, 0.15) is 35.1 Å². The Hall–Kier alpha value is -2.26. The van der Waals surface area contributed by atoms with Gasteiger partial charge < -0.3 is 9.32 Å². The Kier molecular flexibility index (Phi) is 6.22. The van der Waals surface area contributed by atoms with Crippen LogP contribution in [-0.2, 0) is 11.2 Å². The first-order chi connectivity index (χ1) is 12.9. The van der Waals surface area contributed by atoms with Gasteiger partial charge in [-0.25, -0.2) is 9.37 Å². The van der Waals surface area contributed by atoms with Crippen LogP contribution in [0.15, 0.2) is 39.3 Å². The smallest absolute Gasteiger partial charge is 0.277 e. The Morgan fingerprint density at radius 1 is 1.33 bits per heavy atom. The Labute approximate surface area is 164 Å². The minimum Gasteiger partial charge on any atom is -0.416 e. The van der Waals surface area contributed by atoms with Crippen LogP contribution in [0, 0.1) is 12.7 Å². The summed E-state index contributed by atoms with van der Waals surface area (Å²) in [5.74, 6) is 0.282. The van der Waals surface area contributed by atoms with Gasteiger partial charge in [-0.05, 0) is 31.5 Å². The van der Waals surface area contributed by atoms with Gasteiger partial charge in [0.2, 0.25) is 11.8 Å². The molecule has 0 aliphatic carbocycles. The molecule has 0 N–H and O–H groups in total. The van der Waals surface area contributed by atoms with E-state index in [-0.39, 0.29) is 23.5 Å². The number of hydrogen-bond acceptors (Lipinski definition) is 7. The number of thiazole rings is 1. The molecule has 0 spiro atoms. The highest BCUT2D eigenvalue weighted by Crippen LogP contribution is 2.23. The summed E-state index contributed by atoms with van der Waals surface area (Å²) >= 11 is 2.77. The second kappa shape index (κ2) is 8.62. The molecule has 3 rings (SSSR count). The van der Waals surface area contributed by atoms with Crippen molar-refractivity contribution in [3.8, 4) is 0 Å². The number of nitrogens with zero attached hydrogens (tertiary/aromatic N) is 4. The Bertz CT molecular complexity index is 910. The third-order valence-corrected chi connectivity index (χ3v) is 5.72. The maximum Gasteiger partial charge on any atom is 0.277 e. The number of aromatic nitrogens is 3. The Balaban J connectivity index is 1.53. The van der Waals surface area contributed by atoms with Gasteiger partial charge in [0.25, 0.3) is 5.22 Å². The fraction of sp³-hybridized carbons (Fsp3) is 0.333. The van der Waals surface area contributed by atoms with Gasteiger partial charge in [-0.2, -0.15) is 0 Å². The van der Waals surface area contributed by atoms with E-state index in [2.05, 4.69) is 15.2 Å². The number of hydrogen-bond donors (Lipinski definition) is 0. The minimum absolute atomic E-state index is 0.0771. The summed E-state index contributed by atoms with van der Waals surface area (Å²) in [6.07, 6.45) is 0.480. The van der Waals surface area contributed by atoms with Crippen molar-refractivity contribution in [1.29, 1.82) is 0 Å². The van der Waals surface area contributed by atoms with Gasteiger partial charge in [-0.3, -0.25) is 4.79 Å². The van der Waals surface area contributed by atoms with E-state index >= 15 is 0 Å². The summed E-state index contributed by atoms with van der Waals surface area (Å²) in [7, 11) is 1.72. The summed E-state index contributed by atoms with van der Waals surface area (Å²) in [6.45, 7) is 3.84. The Morgan fingerprint density at radius 3 is 2.74 bits per heavy atom. The number of benzene rings is 1. The van der Waals surface area contributed by atoms with Crippen molar-refractivity contribution >= 4 is 29.0 Å². The molecular weight excluding hydrogens is 387 g/mol. The van der Waals surface area contributed by atoms with Gasteiger partial charge in [0, 0.05) is 12.4 Å². The maximum absolute atomic E-state index is 13.0. The van der Waals surface area contributed by atoms with E-state index in [0.29, 0.717) is 17.5 Å². The van der Waals surface area contributed by atoms with Crippen molar-refractivity contribution < 1.29 is 13.6 Å². The summed E-state index contributed by atoms with van der Waals surface area (Å²) in [5.41, 5.74) is 1.76. The van der Waals surface area contributed by atoms with Crippen LogP contribution in [0.25, 0.3) is 0 Å². The summed E-state index contributed by atoms with van der Waals surface area (Å²) < 4.78 is 18.6. The molecule has 27 heavy (non-hydrogen) atoms. The van der Waals surface area contributed by atoms with Gasteiger partial charge in [0.15, 0.2) is 0 Å². The van der Waals surface area contributed by atoms with Crippen molar-refractivity contribution in [2.24, 2.45) is 0 Å². The molecule has 142 valence electrons. The topological polar surface area (TPSA) is 72.1 Å². The van der Waals surface area contributed by atoms with Crippen molar-refractivity contribution in [1.82, 2.24) is 20.1 Å². The highest BCUT2D eigenvalue weighted by molar-refractivity contribution is 7.99. The van der Waals surface area contributed by atoms with Crippen LogP contribution in [0.2, 0.25) is 0 Å². The Morgan fingerprint density at radius 2 is 2.07 bits per heavy atom. The highest BCUT2D eigenvalue weighted by atomic mass is 32.2. The van der Waals surface area contributed by atoms with Gasteiger partial charge in [-0.15, -0.1) is 21.5 Å². The summed E-state index contributed by atoms with van der Waals surface area (Å²) in [6, 6.07) is 5.98. The number of carbonyl (C=O) groups excluding carboxylic acids is 1. The predicted molar refractivity (Wildman–Crippen MR) is 102 cm³/mol. The lowest BCUT2D eigenvalue weighted by molar-refractivity contribution is -0.128. The van der Waals surface area contributed by atoms with Gasteiger partial charge in [-0.1, -0.05) is 23.9 Å². The van der Waals surface area contributed by atoms with E-state index < -0.39 is 0 Å². The van der Waals surface area contributed by atoms with Crippen LogP contribution in [0.4, 0.5) is 4.39 Å². The van der Waals surface area contributed by atoms with E-state index in [1.54, 1.807) is 35.4 Å². The van der Waals surface area contributed by atoms with E-state index in [9.17, 15) is 9.18 Å². The number of aryl methyl sites for hydroxylation is 1. The molecule has 0 bridgehead atoms. The van der Waals surface area contributed by atoms with E-state index in [0.717, 1.165) is 16.3 Å². The largest absolute Gasteiger partial charge is 0.416 e. The van der Waals surface area contributed by atoms with Crippen LogP contribution in [0.3, 0.4) is 0 Å². The quantitative estimate of drug-likeness (QED) is 0.555. The first-order valence-corrected chi connectivity index (χ1v) is 10.2. The molecule has 1 aromatic carbocycles. The van der Waals surface area contributed by atoms with Crippen LogP contribution >= 0.6 is 23.1 Å². The molecule has 1 atom stereocenters. The lowest BCUT2D eigenvalue weighted by Crippen LogP contribution is -2.31. The molecule has 6 nitrogen and oxygen atoms in total. The first kappa shape index (κ1) is 19.5. The van der Waals surface area contributed by atoms with Crippen LogP contribution in [0.5, 0.6) is 0 Å². The number of halogens is 1. The SMILES string of the molecule is Cc1nc(Cc2nnc(SCC(=O)N(C)C(C)c3ccc(F)cc3)o2)cs1. The fourth-order valence-corrected chi connectivity index (χ4v) is 3.74. The van der Waals surface area contributed by atoms with Crippen LogP contribution < -0.4 is 0 Å². The van der Waals surface area contributed by atoms with Gasteiger partial charge in [0.05, 0.1) is 28.9 Å². The van der Waals surface area contributed by atoms with E-state index in [1.165, 1.54) is 23.9 Å². The van der Waals surface area contributed by atoms with Crippen molar-refractivity contribution in [2.75, 3.05) is 12.8 Å². The number of thioether (sulfide) groups is 1. The molecule has 0 aliphatic heterocycles. The second-order valence-corrected chi connectivity index (χ2v) is 8.01. The first-order valence-electron chi connectivity index (χ1n) is 8.29. The monoisotopic (exact) mass is 406 g/mol. The van der Waals surface area contributed by atoms with E-state index in [1.807, 2.05) is 19.2 Å². The molecule has 0 fully saturated rings. The molecule has 0 radical (unpaired) electrons. The molecule has 1 amide bonds. The average Bonchev–Trinajstić information content (AvgIpc) is 3.28. The molecular formula is C18H19FN4O2S2. The van der Waals surface area contributed by atoms with E-state index in [4.69, 9.17) is 4.42 Å². The number of amides is 1. The van der Waals surface area contributed by atoms with Gasteiger partial charge >= 0.3 is 0 Å². The normalized spacial score (nSPS) is 12.1. The number of rotatable bonds is 7. The molecule has 0 saturated heterocycles. The lowest BCUT2D eigenvalue weighted by atomic mass is 10.1. The van der Waals surface area contributed by atoms with Crippen molar-refractivity contribution in [2.45, 2.75) is 31.5 Å². The summed E-state index contributed by atoms with van der Waals surface area (Å²) in [5, 5.41) is 11.3. The molecule has 1 unspecified atom stereocenters. The van der Waals surface area contributed by atoms with Crippen molar-refractivity contribution in [3.05, 3.63) is 57.6 Å². The van der Waals surface area contributed by atoms with Crippen LogP contribution in [-0.4, -0.2) is 38.8 Å². The minimum atomic E-state index is -0.296. The maximum atomic E-state index is 13.0. The average molecular weight is 407 g/mol. The lowest BCUT2D eigenvalue weighted by Gasteiger charge is -2.25. The molecule has 2 aromatic heterocycles. The zero-order valence-electron chi connectivity index (χ0n) is 15.2. The molecule has 2 heterocycles. The highest BCUT2D eigenvalue weighted by Gasteiger charge is 2.19.